The van der Waals surface area contributed by atoms with Crippen LogP contribution in [0.15, 0.2) is 36.7 Å². The highest BCUT2D eigenvalue weighted by molar-refractivity contribution is 5.55. The van der Waals surface area contributed by atoms with Crippen molar-refractivity contribution in [1.82, 2.24) is 9.97 Å². The highest BCUT2D eigenvalue weighted by Gasteiger charge is 2.35. The third-order valence-electron chi connectivity index (χ3n) is 5.86. The zero-order valence-electron chi connectivity index (χ0n) is 16.4. The smallest absolute Gasteiger partial charge is 0.132 e. The fourth-order valence-corrected chi connectivity index (χ4v) is 4.27. The van der Waals surface area contributed by atoms with Crippen LogP contribution >= 0.6 is 0 Å². The first kappa shape index (κ1) is 18.0. The lowest BCUT2D eigenvalue weighted by Gasteiger charge is -2.49. The Kier molecular flexibility index (Phi) is 4.68. The number of nitrogens with two attached hydrogens (primary N) is 1. The van der Waals surface area contributed by atoms with E-state index in [0.717, 1.165) is 49.7 Å². The van der Waals surface area contributed by atoms with Crippen LogP contribution < -0.4 is 20.3 Å². The second-order valence-corrected chi connectivity index (χ2v) is 8.32. The van der Waals surface area contributed by atoms with Gasteiger partial charge in [-0.1, -0.05) is 6.07 Å². The average molecular weight is 367 g/mol. The number of anilines is 2. The summed E-state index contributed by atoms with van der Waals surface area (Å²) in [7, 11) is 1.71. The van der Waals surface area contributed by atoms with E-state index in [2.05, 4.69) is 57.9 Å². The van der Waals surface area contributed by atoms with Crippen molar-refractivity contribution in [3.63, 3.8) is 0 Å². The third kappa shape index (κ3) is 3.58. The van der Waals surface area contributed by atoms with Gasteiger partial charge in [-0.2, -0.15) is 0 Å². The Hall–Kier alpha value is -2.34. The molecule has 1 aliphatic carbocycles. The minimum absolute atomic E-state index is 0.0193. The van der Waals surface area contributed by atoms with Crippen LogP contribution in [-0.2, 0) is 0 Å². The topological polar surface area (TPSA) is 67.5 Å². The molecular weight excluding hydrogens is 338 g/mol. The summed E-state index contributed by atoms with van der Waals surface area (Å²) in [5, 5.41) is 0. The Morgan fingerprint density at radius 1 is 1.15 bits per heavy atom. The van der Waals surface area contributed by atoms with Crippen LogP contribution in [0.1, 0.15) is 38.3 Å². The van der Waals surface area contributed by atoms with E-state index < -0.39 is 0 Å². The molecule has 27 heavy (non-hydrogen) atoms. The maximum atomic E-state index is 5.95. The lowest BCUT2D eigenvalue weighted by Crippen LogP contribution is -2.60. The van der Waals surface area contributed by atoms with Gasteiger partial charge in [0.1, 0.15) is 17.9 Å². The molecule has 0 spiro atoms. The molecule has 2 aromatic rings. The number of ether oxygens (including phenoxy) is 1. The molecule has 6 nitrogen and oxygen atoms in total. The van der Waals surface area contributed by atoms with E-state index in [1.165, 1.54) is 5.69 Å². The number of nitrogens with zero attached hydrogens (tertiary/aromatic N) is 4. The molecule has 2 N–H and O–H groups in total. The van der Waals surface area contributed by atoms with Crippen LogP contribution in [0.3, 0.4) is 0 Å². The van der Waals surface area contributed by atoms with Crippen molar-refractivity contribution in [2.45, 2.75) is 44.2 Å². The van der Waals surface area contributed by atoms with E-state index in [1.54, 1.807) is 13.4 Å². The van der Waals surface area contributed by atoms with Gasteiger partial charge in [-0.05, 0) is 38.8 Å². The van der Waals surface area contributed by atoms with Gasteiger partial charge in [-0.3, -0.25) is 0 Å². The molecule has 2 heterocycles. The average Bonchev–Trinajstić information content (AvgIpc) is 2.65. The monoisotopic (exact) mass is 367 g/mol. The van der Waals surface area contributed by atoms with Gasteiger partial charge < -0.3 is 20.3 Å². The van der Waals surface area contributed by atoms with E-state index in [-0.39, 0.29) is 5.54 Å². The first-order valence-corrected chi connectivity index (χ1v) is 9.70. The van der Waals surface area contributed by atoms with Gasteiger partial charge >= 0.3 is 0 Å². The first-order chi connectivity index (χ1) is 13.0. The normalized spacial score (nSPS) is 24.4. The van der Waals surface area contributed by atoms with Crippen LogP contribution in [-0.4, -0.2) is 48.3 Å². The van der Waals surface area contributed by atoms with E-state index in [0.29, 0.717) is 12.0 Å². The van der Waals surface area contributed by atoms with Crippen LogP contribution in [0.4, 0.5) is 11.5 Å². The van der Waals surface area contributed by atoms with Crippen molar-refractivity contribution < 1.29 is 4.74 Å². The minimum Gasteiger partial charge on any atom is -0.497 e. The molecule has 6 heteroatoms. The Labute approximate surface area is 161 Å². The van der Waals surface area contributed by atoms with Crippen LogP contribution in [0.2, 0.25) is 0 Å². The number of piperazine rings is 1. The molecule has 1 aromatic heterocycles. The number of rotatable bonds is 4. The highest BCUT2D eigenvalue weighted by atomic mass is 16.5. The fraction of sp³-hybridized carbons (Fsp3) is 0.524. The zero-order chi connectivity index (χ0) is 19.0. The standard InChI is InChI=1S/C21H29N5O/c1-21(2)13-25(7-8-26(21)17-5-4-6-18(11-17)27-3)20-12-19(23-14-24-20)15-9-16(22)10-15/h4-6,11-12,14-16H,7-10,13,22H2,1-3H3. The van der Waals surface area contributed by atoms with Crippen LogP contribution in [0.5, 0.6) is 5.75 Å². The Balaban J connectivity index is 1.51. The predicted octanol–water partition coefficient (Wildman–Crippen LogP) is 2.80. The summed E-state index contributed by atoms with van der Waals surface area (Å²) in [5.74, 6) is 2.41. The molecule has 0 bridgehead atoms. The van der Waals surface area contributed by atoms with Gasteiger partial charge in [0, 0.05) is 55.1 Å². The van der Waals surface area contributed by atoms with Gasteiger partial charge in [0.2, 0.25) is 0 Å². The fourth-order valence-electron chi connectivity index (χ4n) is 4.27. The van der Waals surface area contributed by atoms with E-state index >= 15 is 0 Å². The van der Waals surface area contributed by atoms with Crippen LogP contribution in [0.25, 0.3) is 0 Å². The van der Waals surface area contributed by atoms with Crippen LogP contribution in [0, 0.1) is 0 Å². The summed E-state index contributed by atoms with van der Waals surface area (Å²) in [6.45, 7) is 7.34. The van der Waals surface area contributed by atoms with Crippen molar-refractivity contribution in [3.05, 3.63) is 42.4 Å². The number of benzene rings is 1. The molecule has 1 aromatic carbocycles. The summed E-state index contributed by atoms with van der Waals surface area (Å²) < 4.78 is 5.40. The van der Waals surface area contributed by atoms with Crippen molar-refractivity contribution in [1.29, 1.82) is 0 Å². The molecule has 0 amide bonds. The molecule has 0 radical (unpaired) electrons. The van der Waals surface area contributed by atoms with E-state index in [4.69, 9.17) is 10.5 Å². The van der Waals surface area contributed by atoms with Gasteiger partial charge in [-0.15, -0.1) is 0 Å². The quantitative estimate of drug-likeness (QED) is 0.896. The van der Waals surface area contributed by atoms with Gasteiger partial charge in [-0.25, -0.2) is 9.97 Å². The SMILES string of the molecule is COc1cccc(N2CCN(c3cc(C4CC(N)C4)ncn3)CC2(C)C)c1. The molecule has 1 saturated heterocycles. The van der Waals surface area contributed by atoms with Crippen molar-refractivity contribution in [3.8, 4) is 5.75 Å². The lowest BCUT2D eigenvalue weighted by atomic mass is 9.78. The molecule has 1 saturated carbocycles. The third-order valence-corrected chi connectivity index (χ3v) is 5.86. The van der Waals surface area contributed by atoms with Crippen molar-refractivity contribution in [2.24, 2.45) is 5.73 Å². The molecule has 1 aliphatic heterocycles. The molecule has 2 aliphatic rings. The van der Waals surface area contributed by atoms with E-state index in [1.807, 2.05) is 6.07 Å². The van der Waals surface area contributed by atoms with Gasteiger partial charge in [0.25, 0.3) is 0 Å². The maximum Gasteiger partial charge on any atom is 0.132 e. The summed E-state index contributed by atoms with van der Waals surface area (Å²) in [5.41, 5.74) is 8.26. The predicted molar refractivity (Wildman–Crippen MR) is 109 cm³/mol. The number of hydrogen-bond donors (Lipinski definition) is 1. The second kappa shape index (κ2) is 7.00. The number of hydrogen-bond acceptors (Lipinski definition) is 6. The Morgan fingerprint density at radius 2 is 1.96 bits per heavy atom. The Morgan fingerprint density at radius 3 is 2.67 bits per heavy atom. The highest BCUT2D eigenvalue weighted by Crippen LogP contribution is 2.36. The van der Waals surface area contributed by atoms with E-state index in [9.17, 15) is 0 Å². The molecule has 0 atom stereocenters. The number of methoxy groups -OCH3 is 1. The lowest BCUT2D eigenvalue weighted by molar-refractivity contribution is 0.344. The molecule has 4 rings (SSSR count). The van der Waals surface area contributed by atoms with Crippen molar-refractivity contribution >= 4 is 11.5 Å². The molecular formula is C21H29N5O. The minimum atomic E-state index is -0.0193. The number of aromatic nitrogens is 2. The molecule has 0 unspecified atom stereocenters. The summed E-state index contributed by atoms with van der Waals surface area (Å²) in [6, 6.07) is 10.8. The summed E-state index contributed by atoms with van der Waals surface area (Å²) in [6.07, 6.45) is 3.77. The van der Waals surface area contributed by atoms with Gasteiger partial charge in [0.15, 0.2) is 0 Å². The Bertz CT molecular complexity index is 803. The zero-order valence-corrected chi connectivity index (χ0v) is 16.4. The molecule has 144 valence electrons. The maximum absolute atomic E-state index is 5.95. The van der Waals surface area contributed by atoms with Crippen molar-refractivity contribution in [2.75, 3.05) is 36.5 Å². The second-order valence-electron chi connectivity index (χ2n) is 8.32. The summed E-state index contributed by atoms with van der Waals surface area (Å²) >= 11 is 0. The largest absolute Gasteiger partial charge is 0.497 e. The van der Waals surface area contributed by atoms with Gasteiger partial charge in [0.05, 0.1) is 12.6 Å². The molecule has 2 fully saturated rings. The first-order valence-electron chi connectivity index (χ1n) is 9.70. The summed E-state index contributed by atoms with van der Waals surface area (Å²) in [4.78, 5) is 13.9.